The van der Waals surface area contributed by atoms with Gasteiger partial charge in [-0.05, 0) is 44.8 Å². The summed E-state index contributed by atoms with van der Waals surface area (Å²) in [5.74, 6) is -0.199. The van der Waals surface area contributed by atoms with Crippen molar-refractivity contribution in [3.63, 3.8) is 0 Å². The molecule has 0 aliphatic rings. The lowest BCUT2D eigenvalue weighted by Gasteiger charge is -2.20. The molecule has 0 saturated heterocycles. The monoisotopic (exact) mass is 416 g/mol. The maximum atomic E-state index is 12.9. The minimum absolute atomic E-state index is 0.0539. The second kappa shape index (κ2) is 8.59. The Morgan fingerprint density at radius 1 is 1.21 bits per heavy atom. The maximum Gasteiger partial charge on any atom is 0.324 e. The molecule has 28 heavy (non-hydrogen) atoms. The number of hydrogen-bond acceptors (Lipinski definition) is 7. The van der Waals surface area contributed by atoms with Gasteiger partial charge in [0.1, 0.15) is 0 Å². The van der Waals surface area contributed by atoms with E-state index in [1.54, 1.807) is 17.0 Å². The zero-order valence-electron chi connectivity index (χ0n) is 15.8. The van der Waals surface area contributed by atoms with Crippen molar-refractivity contribution in [1.29, 1.82) is 0 Å². The van der Waals surface area contributed by atoms with Crippen LogP contribution in [0.4, 0.5) is 10.1 Å². The predicted molar refractivity (Wildman–Crippen MR) is 115 cm³/mol. The third-order valence-electron chi connectivity index (χ3n) is 4.06. The van der Waals surface area contributed by atoms with E-state index in [1.165, 1.54) is 23.5 Å². The number of thiophene rings is 1. The predicted octanol–water partition coefficient (Wildman–Crippen LogP) is 4.18. The number of thiazole rings is 1. The summed E-state index contributed by atoms with van der Waals surface area (Å²) in [7, 11) is 3.90. The Bertz CT molecular complexity index is 1040. The third-order valence-corrected chi connectivity index (χ3v) is 6.11. The van der Waals surface area contributed by atoms with Gasteiger partial charge in [0.15, 0.2) is 5.13 Å². The van der Waals surface area contributed by atoms with Crippen LogP contribution in [0.25, 0.3) is 16.3 Å². The molecule has 0 fully saturated rings. The van der Waals surface area contributed by atoms with E-state index in [4.69, 9.17) is 0 Å². The largest absolute Gasteiger partial charge is 0.324 e. The summed E-state index contributed by atoms with van der Waals surface area (Å²) in [6.07, 6.45) is 3.06. The standard InChI is InChI=1S/C19H20N4O3S2/c1-13-5-4-6-15-18(13)20-19(28-15)22(12-11-21(2)3)16(24)9-7-14-8-10-17(27-14)23(25)26/h4-10H,11-12H2,1-3H3/b9-7+. The van der Waals surface area contributed by atoms with Gasteiger partial charge < -0.3 is 4.90 Å². The summed E-state index contributed by atoms with van der Waals surface area (Å²) in [6.45, 7) is 3.19. The average molecular weight is 417 g/mol. The number of fused-ring (bicyclic) bond motifs is 1. The molecule has 0 bridgehead atoms. The van der Waals surface area contributed by atoms with Crippen LogP contribution in [0.3, 0.4) is 0 Å². The quantitative estimate of drug-likeness (QED) is 0.328. The highest BCUT2D eigenvalue weighted by molar-refractivity contribution is 7.22. The molecule has 0 aliphatic heterocycles. The Kier molecular flexibility index (Phi) is 6.18. The molecule has 0 atom stereocenters. The number of benzene rings is 1. The molecule has 0 saturated carbocycles. The number of nitrogens with zero attached hydrogens (tertiary/aromatic N) is 4. The van der Waals surface area contributed by atoms with E-state index in [0.717, 1.165) is 27.1 Å². The molecule has 2 aromatic heterocycles. The molecular formula is C19H20N4O3S2. The van der Waals surface area contributed by atoms with E-state index >= 15 is 0 Å². The van der Waals surface area contributed by atoms with Crippen LogP contribution in [-0.2, 0) is 4.79 Å². The number of para-hydroxylation sites is 1. The van der Waals surface area contributed by atoms with Gasteiger partial charge in [0.2, 0.25) is 0 Å². The molecule has 3 aromatic rings. The van der Waals surface area contributed by atoms with Crippen molar-refractivity contribution in [3.05, 3.63) is 57.0 Å². The first-order valence-electron chi connectivity index (χ1n) is 8.60. The molecule has 3 rings (SSSR count). The van der Waals surface area contributed by atoms with Crippen LogP contribution in [0.1, 0.15) is 10.4 Å². The molecule has 9 heteroatoms. The number of aromatic nitrogens is 1. The Balaban J connectivity index is 1.87. The Labute approximate surface area is 170 Å². The second-order valence-electron chi connectivity index (χ2n) is 6.48. The van der Waals surface area contributed by atoms with E-state index < -0.39 is 4.92 Å². The first-order chi connectivity index (χ1) is 13.3. The third kappa shape index (κ3) is 4.61. The van der Waals surface area contributed by atoms with Crippen LogP contribution in [0.5, 0.6) is 0 Å². The van der Waals surface area contributed by atoms with Gasteiger partial charge >= 0.3 is 5.00 Å². The zero-order chi connectivity index (χ0) is 20.3. The van der Waals surface area contributed by atoms with Crippen LogP contribution < -0.4 is 4.90 Å². The lowest BCUT2D eigenvalue weighted by Crippen LogP contribution is -2.35. The van der Waals surface area contributed by atoms with E-state index in [-0.39, 0.29) is 10.9 Å². The average Bonchev–Trinajstić information content (AvgIpc) is 3.27. The number of carbonyl (C=O) groups is 1. The van der Waals surface area contributed by atoms with Crippen molar-refractivity contribution in [2.45, 2.75) is 6.92 Å². The SMILES string of the molecule is Cc1cccc2sc(N(CCN(C)C)C(=O)/C=C/c3ccc([N+](=O)[O-])s3)nc12. The van der Waals surface area contributed by atoms with Crippen molar-refractivity contribution in [3.8, 4) is 0 Å². The van der Waals surface area contributed by atoms with Gasteiger partial charge in [0, 0.05) is 30.1 Å². The normalized spacial score (nSPS) is 11.6. The number of anilines is 1. The van der Waals surface area contributed by atoms with Crippen molar-refractivity contribution in [2.75, 3.05) is 32.1 Å². The van der Waals surface area contributed by atoms with Gasteiger partial charge in [0.25, 0.3) is 5.91 Å². The first-order valence-corrected chi connectivity index (χ1v) is 10.2. The number of aryl methyl sites for hydroxylation is 1. The number of carbonyl (C=O) groups excluding carboxylic acids is 1. The van der Waals surface area contributed by atoms with E-state index in [9.17, 15) is 14.9 Å². The number of likely N-dealkylation sites (N-methyl/N-ethyl adjacent to an activating group) is 1. The van der Waals surface area contributed by atoms with Crippen LogP contribution in [0.15, 0.2) is 36.4 Å². The number of hydrogen-bond donors (Lipinski definition) is 0. The van der Waals surface area contributed by atoms with E-state index in [2.05, 4.69) is 4.98 Å². The molecule has 7 nitrogen and oxygen atoms in total. The fraction of sp³-hybridized carbons (Fsp3) is 0.263. The Hall–Kier alpha value is -2.62. The van der Waals surface area contributed by atoms with E-state index in [1.807, 2.05) is 44.1 Å². The molecule has 0 aliphatic carbocycles. The second-order valence-corrected chi connectivity index (χ2v) is 8.58. The fourth-order valence-corrected chi connectivity index (χ4v) is 4.36. The van der Waals surface area contributed by atoms with E-state index in [0.29, 0.717) is 23.1 Å². The summed E-state index contributed by atoms with van der Waals surface area (Å²) in [5.41, 5.74) is 1.98. The molecule has 146 valence electrons. The fourth-order valence-electron chi connectivity index (χ4n) is 2.56. The molecular weight excluding hydrogens is 396 g/mol. The highest BCUT2D eigenvalue weighted by atomic mass is 32.1. The molecule has 1 amide bonds. The van der Waals surface area contributed by atoms with Crippen LogP contribution in [0.2, 0.25) is 0 Å². The zero-order valence-corrected chi connectivity index (χ0v) is 17.4. The Morgan fingerprint density at radius 2 is 2.00 bits per heavy atom. The number of nitro groups is 1. The lowest BCUT2D eigenvalue weighted by atomic mass is 10.2. The highest BCUT2D eigenvalue weighted by Crippen LogP contribution is 2.31. The maximum absolute atomic E-state index is 12.9. The summed E-state index contributed by atoms with van der Waals surface area (Å²) >= 11 is 2.52. The van der Waals surface area contributed by atoms with Gasteiger partial charge in [-0.3, -0.25) is 19.8 Å². The van der Waals surface area contributed by atoms with Gasteiger partial charge in [-0.1, -0.05) is 34.8 Å². The Morgan fingerprint density at radius 3 is 2.64 bits per heavy atom. The van der Waals surface area contributed by atoms with Crippen molar-refractivity contribution >= 4 is 55.0 Å². The summed E-state index contributed by atoms with van der Waals surface area (Å²) in [5, 5.41) is 11.5. The van der Waals surface area contributed by atoms with Crippen molar-refractivity contribution in [1.82, 2.24) is 9.88 Å². The minimum Gasteiger partial charge on any atom is -0.308 e. The smallest absolute Gasteiger partial charge is 0.308 e. The highest BCUT2D eigenvalue weighted by Gasteiger charge is 2.19. The molecule has 1 aromatic carbocycles. The number of amides is 1. The van der Waals surface area contributed by atoms with Gasteiger partial charge in [-0.25, -0.2) is 4.98 Å². The topological polar surface area (TPSA) is 79.6 Å². The summed E-state index contributed by atoms with van der Waals surface area (Å²) in [6, 6.07) is 9.06. The molecule has 0 radical (unpaired) electrons. The first kappa shape index (κ1) is 20.1. The molecule has 2 heterocycles. The lowest BCUT2D eigenvalue weighted by molar-refractivity contribution is -0.380. The molecule has 0 N–H and O–H groups in total. The van der Waals surface area contributed by atoms with Crippen LogP contribution in [-0.4, -0.2) is 47.9 Å². The van der Waals surface area contributed by atoms with Crippen LogP contribution >= 0.6 is 22.7 Å². The minimum atomic E-state index is -0.434. The summed E-state index contributed by atoms with van der Waals surface area (Å²) < 4.78 is 1.04. The van der Waals surface area contributed by atoms with Crippen molar-refractivity contribution < 1.29 is 9.72 Å². The van der Waals surface area contributed by atoms with Crippen molar-refractivity contribution in [2.24, 2.45) is 0 Å². The van der Waals surface area contributed by atoms with Gasteiger partial charge in [-0.2, -0.15) is 0 Å². The van der Waals surface area contributed by atoms with Crippen LogP contribution in [0, 0.1) is 17.0 Å². The molecule has 0 unspecified atom stereocenters. The van der Waals surface area contributed by atoms with Gasteiger partial charge in [0.05, 0.1) is 15.1 Å². The molecule has 0 spiro atoms. The number of rotatable bonds is 7. The summed E-state index contributed by atoms with van der Waals surface area (Å²) in [4.78, 5) is 32.3. The van der Waals surface area contributed by atoms with Gasteiger partial charge in [-0.15, -0.1) is 0 Å².